The van der Waals surface area contributed by atoms with Crippen LogP contribution in [0.2, 0.25) is 5.02 Å². The van der Waals surface area contributed by atoms with Crippen molar-refractivity contribution in [2.45, 2.75) is 25.8 Å². The molecule has 27 heavy (non-hydrogen) atoms. The number of amides is 1. The molecule has 4 nitrogen and oxygen atoms in total. The molecule has 1 aromatic heterocycles. The number of benzene rings is 2. The Labute approximate surface area is 171 Å². The van der Waals surface area contributed by atoms with Crippen molar-refractivity contribution in [1.82, 2.24) is 9.88 Å². The quantitative estimate of drug-likeness (QED) is 0.529. The lowest BCUT2D eigenvalue weighted by Crippen LogP contribution is -2.41. The Morgan fingerprint density at radius 1 is 1.30 bits per heavy atom. The van der Waals surface area contributed by atoms with Crippen molar-refractivity contribution in [3.8, 4) is 0 Å². The summed E-state index contributed by atoms with van der Waals surface area (Å²) in [5, 5.41) is 1.84. The number of fused-ring (bicyclic) bond motifs is 3. The van der Waals surface area contributed by atoms with E-state index in [1.165, 1.54) is 5.56 Å². The summed E-state index contributed by atoms with van der Waals surface area (Å²) in [7, 11) is 0. The number of aromatic amines is 1. The van der Waals surface area contributed by atoms with Gasteiger partial charge in [-0.25, -0.2) is 4.79 Å². The molecular formula is C21H20BrClN2O2. The van der Waals surface area contributed by atoms with Gasteiger partial charge in [0.25, 0.3) is 0 Å². The molecule has 140 valence electrons. The van der Waals surface area contributed by atoms with E-state index in [0.717, 1.165) is 39.5 Å². The lowest BCUT2D eigenvalue weighted by molar-refractivity contribution is 0.0889. The zero-order valence-corrected chi connectivity index (χ0v) is 17.3. The summed E-state index contributed by atoms with van der Waals surface area (Å²) in [5.41, 5.74) is 4.34. The predicted molar refractivity (Wildman–Crippen MR) is 111 cm³/mol. The van der Waals surface area contributed by atoms with Gasteiger partial charge in [0, 0.05) is 32.6 Å². The highest BCUT2D eigenvalue weighted by Crippen LogP contribution is 2.39. The molecule has 0 aliphatic carbocycles. The molecule has 1 amide bonds. The molecule has 0 radical (unpaired) electrons. The molecule has 1 aliphatic heterocycles. The minimum Gasteiger partial charge on any atom is -0.449 e. The van der Waals surface area contributed by atoms with Crippen LogP contribution in [0.4, 0.5) is 4.79 Å². The molecule has 0 saturated heterocycles. The molecule has 0 spiro atoms. The number of aromatic nitrogens is 1. The van der Waals surface area contributed by atoms with Crippen molar-refractivity contribution in [3.63, 3.8) is 0 Å². The minimum atomic E-state index is -0.271. The minimum absolute atomic E-state index is 0.211. The van der Waals surface area contributed by atoms with Crippen LogP contribution in [-0.4, -0.2) is 29.1 Å². The normalized spacial score (nSPS) is 16.4. The number of rotatable bonds is 3. The first-order valence-corrected chi connectivity index (χ1v) is 10.2. The fourth-order valence-electron chi connectivity index (χ4n) is 3.72. The molecule has 1 atom stereocenters. The van der Waals surface area contributed by atoms with Gasteiger partial charge < -0.3 is 9.72 Å². The Bertz CT molecular complexity index is 984. The number of carbonyl (C=O) groups is 1. The van der Waals surface area contributed by atoms with E-state index in [4.69, 9.17) is 16.3 Å². The van der Waals surface area contributed by atoms with Crippen LogP contribution in [-0.2, 0) is 11.2 Å². The van der Waals surface area contributed by atoms with E-state index in [1.54, 1.807) is 0 Å². The number of nitrogens with zero attached hydrogens (tertiary/aromatic N) is 1. The highest BCUT2D eigenvalue weighted by molar-refractivity contribution is 9.10. The first-order chi connectivity index (χ1) is 13.1. The first-order valence-electron chi connectivity index (χ1n) is 9.07. The summed E-state index contributed by atoms with van der Waals surface area (Å²) < 4.78 is 6.46. The lowest BCUT2D eigenvalue weighted by Gasteiger charge is -2.35. The van der Waals surface area contributed by atoms with Gasteiger partial charge in [0.05, 0.1) is 6.61 Å². The van der Waals surface area contributed by atoms with Crippen LogP contribution in [0.25, 0.3) is 10.9 Å². The Hall–Kier alpha value is -1.98. The van der Waals surface area contributed by atoms with Gasteiger partial charge in [0.2, 0.25) is 0 Å². The molecule has 1 unspecified atom stereocenters. The number of nitrogens with one attached hydrogen (secondary N) is 1. The van der Waals surface area contributed by atoms with E-state index < -0.39 is 0 Å². The summed E-state index contributed by atoms with van der Waals surface area (Å²) >= 11 is 9.71. The second-order valence-corrected chi connectivity index (χ2v) is 8.07. The standard InChI is InChI=1S/C21H20BrClN2O2/c1-2-11-27-21(26)25-10-9-16-17-12-15(23)7-8-18(17)24-19(16)20(25)13-3-5-14(22)6-4-13/h3-8,12,20,24H,2,9-11H2,1H3. The molecule has 0 fully saturated rings. The monoisotopic (exact) mass is 446 g/mol. The van der Waals surface area contributed by atoms with Crippen LogP contribution >= 0.6 is 27.5 Å². The Kier molecular flexibility index (Phi) is 5.15. The summed E-state index contributed by atoms with van der Waals surface area (Å²) in [6.07, 6.45) is 1.30. The first kappa shape index (κ1) is 18.4. The van der Waals surface area contributed by atoms with E-state index >= 15 is 0 Å². The van der Waals surface area contributed by atoms with Crippen molar-refractivity contribution in [1.29, 1.82) is 0 Å². The van der Waals surface area contributed by atoms with E-state index in [9.17, 15) is 4.79 Å². The van der Waals surface area contributed by atoms with Crippen LogP contribution in [0.15, 0.2) is 46.9 Å². The van der Waals surface area contributed by atoms with E-state index in [0.29, 0.717) is 18.2 Å². The molecule has 1 aliphatic rings. The van der Waals surface area contributed by atoms with Crippen LogP contribution in [0, 0.1) is 0 Å². The maximum absolute atomic E-state index is 12.7. The summed E-state index contributed by atoms with van der Waals surface area (Å²) in [6.45, 7) is 3.03. The summed E-state index contributed by atoms with van der Waals surface area (Å²) in [4.78, 5) is 18.1. The third-order valence-corrected chi connectivity index (χ3v) is 5.70. The second-order valence-electron chi connectivity index (χ2n) is 6.72. The fraction of sp³-hybridized carbons (Fsp3) is 0.286. The van der Waals surface area contributed by atoms with Crippen LogP contribution in [0.5, 0.6) is 0 Å². The van der Waals surface area contributed by atoms with Crippen LogP contribution < -0.4 is 0 Å². The van der Waals surface area contributed by atoms with Crippen molar-refractivity contribution < 1.29 is 9.53 Å². The van der Waals surface area contributed by atoms with Crippen molar-refractivity contribution >= 4 is 44.5 Å². The maximum atomic E-state index is 12.7. The van der Waals surface area contributed by atoms with Crippen molar-refractivity contribution in [2.24, 2.45) is 0 Å². The Morgan fingerprint density at radius 2 is 2.07 bits per heavy atom. The van der Waals surface area contributed by atoms with Crippen LogP contribution in [0.3, 0.4) is 0 Å². The summed E-state index contributed by atoms with van der Waals surface area (Å²) in [6, 6.07) is 13.7. The summed E-state index contributed by atoms with van der Waals surface area (Å²) in [5.74, 6) is 0. The number of H-pyrrole nitrogens is 1. The molecule has 6 heteroatoms. The smallest absolute Gasteiger partial charge is 0.410 e. The van der Waals surface area contributed by atoms with E-state index in [2.05, 4.69) is 20.9 Å². The van der Waals surface area contributed by atoms with Gasteiger partial charge in [-0.15, -0.1) is 0 Å². The molecular weight excluding hydrogens is 428 g/mol. The second kappa shape index (κ2) is 7.56. The van der Waals surface area contributed by atoms with Gasteiger partial charge in [-0.05, 0) is 54.3 Å². The van der Waals surface area contributed by atoms with Gasteiger partial charge >= 0.3 is 6.09 Å². The lowest BCUT2D eigenvalue weighted by atomic mass is 9.93. The Morgan fingerprint density at radius 3 is 2.81 bits per heavy atom. The predicted octanol–water partition coefficient (Wildman–Crippen LogP) is 6.08. The average molecular weight is 448 g/mol. The zero-order chi connectivity index (χ0) is 19.0. The van der Waals surface area contributed by atoms with Gasteiger partial charge in [-0.1, -0.05) is 46.6 Å². The highest BCUT2D eigenvalue weighted by Gasteiger charge is 2.35. The average Bonchev–Trinajstić information content (AvgIpc) is 3.04. The van der Waals surface area contributed by atoms with Gasteiger partial charge in [0.1, 0.15) is 6.04 Å². The molecule has 2 aromatic carbocycles. The largest absolute Gasteiger partial charge is 0.449 e. The number of hydrogen-bond donors (Lipinski definition) is 1. The highest BCUT2D eigenvalue weighted by atomic mass is 79.9. The zero-order valence-electron chi connectivity index (χ0n) is 15.0. The third-order valence-electron chi connectivity index (χ3n) is 4.94. The van der Waals surface area contributed by atoms with Crippen molar-refractivity contribution in [3.05, 3.63) is 68.8 Å². The van der Waals surface area contributed by atoms with E-state index in [-0.39, 0.29) is 12.1 Å². The third kappa shape index (κ3) is 3.46. The molecule has 2 heterocycles. The number of ether oxygens (including phenoxy) is 1. The van der Waals surface area contributed by atoms with Gasteiger partial charge in [-0.3, -0.25) is 4.90 Å². The number of carbonyl (C=O) groups excluding carboxylic acids is 1. The molecule has 0 saturated carbocycles. The van der Waals surface area contributed by atoms with Crippen LogP contribution in [0.1, 0.15) is 36.2 Å². The fourth-order valence-corrected chi connectivity index (χ4v) is 4.16. The molecule has 3 aromatic rings. The SMILES string of the molecule is CCCOC(=O)N1CCc2c([nH]c3ccc(Cl)cc23)C1c1ccc(Br)cc1. The maximum Gasteiger partial charge on any atom is 0.410 e. The molecule has 4 rings (SSSR count). The Balaban J connectivity index is 1.83. The topological polar surface area (TPSA) is 45.3 Å². The molecule has 1 N–H and O–H groups in total. The number of hydrogen-bond acceptors (Lipinski definition) is 2. The molecule has 0 bridgehead atoms. The number of halogens is 2. The van der Waals surface area contributed by atoms with Gasteiger partial charge in [-0.2, -0.15) is 0 Å². The van der Waals surface area contributed by atoms with Gasteiger partial charge in [0.15, 0.2) is 0 Å². The van der Waals surface area contributed by atoms with Crippen molar-refractivity contribution in [2.75, 3.05) is 13.2 Å². The van der Waals surface area contributed by atoms with E-state index in [1.807, 2.05) is 54.3 Å².